The van der Waals surface area contributed by atoms with E-state index in [0.29, 0.717) is 12.5 Å². The Labute approximate surface area is 119 Å². The summed E-state index contributed by atoms with van der Waals surface area (Å²) in [7, 11) is 0. The molecule has 0 N–H and O–H groups in total. The minimum atomic E-state index is -0.000527. The fraction of sp³-hybridized carbons (Fsp3) is 0.375. The number of aryl methyl sites for hydroxylation is 1. The van der Waals surface area contributed by atoms with Gasteiger partial charge >= 0.3 is 0 Å². The summed E-state index contributed by atoms with van der Waals surface area (Å²) >= 11 is 0. The lowest BCUT2D eigenvalue weighted by Gasteiger charge is -1.97. The highest BCUT2D eigenvalue weighted by Crippen LogP contribution is 2.21. The molecule has 0 atom stereocenters. The maximum absolute atomic E-state index is 10.8. The summed E-state index contributed by atoms with van der Waals surface area (Å²) < 4.78 is 10.8. The zero-order valence-electron chi connectivity index (χ0n) is 12.5. The first-order valence-corrected chi connectivity index (χ1v) is 6.75. The Morgan fingerprint density at radius 2 is 1.90 bits per heavy atom. The van der Waals surface area contributed by atoms with Gasteiger partial charge in [0.2, 0.25) is 5.89 Å². The topological polar surface area (TPSA) is 52.3 Å². The maximum Gasteiger partial charge on any atom is 0.226 e. The van der Waals surface area contributed by atoms with E-state index in [1.165, 1.54) is 6.92 Å². The second kappa shape index (κ2) is 8.27. The first kappa shape index (κ1) is 16.1. The van der Waals surface area contributed by atoms with Crippen molar-refractivity contribution in [3.63, 3.8) is 0 Å². The van der Waals surface area contributed by atoms with Gasteiger partial charge in [-0.3, -0.25) is 4.79 Å². The lowest BCUT2D eigenvalue weighted by molar-refractivity contribution is -0.121. The molecule has 108 valence electrons. The first-order chi connectivity index (χ1) is 9.66. The van der Waals surface area contributed by atoms with Crippen molar-refractivity contribution in [3.8, 4) is 11.5 Å². The van der Waals surface area contributed by atoms with Gasteiger partial charge in [-0.25, -0.2) is 4.98 Å². The molecule has 1 aromatic carbocycles. The van der Waals surface area contributed by atoms with E-state index >= 15 is 0 Å². The zero-order valence-corrected chi connectivity index (χ0v) is 12.5. The molecule has 0 radical (unpaired) electrons. The molecule has 1 heterocycles. The summed E-state index contributed by atoms with van der Waals surface area (Å²) in [5, 5.41) is 0. The minimum Gasteiger partial charge on any atom is -0.441 e. The molecule has 0 saturated carbocycles. The molecule has 1 aromatic heterocycles. The molecule has 0 fully saturated rings. The number of carbonyl (C=O) groups excluding carboxylic acids is 1. The standard InChI is InChI=1S/C14H15NO3.C2H6/c1-10(16)8-17-9-13-11(2)18-14(15-13)12-6-4-3-5-7-12;1-2/h3-7H,8-9H2,1-2H3;1-2H3. The van der Waals surface area contributed by atoms with E-state index in [1.807, 2.05) is 51.1 Å². The summed E-state index contributed by atoms with van der Waals surface area (Å²) in [6.45, 7) is 7.73. The fourth-order valence-electron chi connectivity index (χ4n) is 1.56. The highest BCUT2D eigenvalue weighted by molar-refractivity contribution is 5.76. The molecule has 0 aliphatic carbocycles. The van der Waals surface area contributed by atoms with Crippen molar-refractivity contribution in [2.24, 2.45) is 0 Å². The zero-order chi connectivity index (χ0) is 15.0. The molecule has 0 saturated heterocycles. The second-order valence-corrected chi connectivity index (χ2v) is 4.08. The second-order valence-electron chi connectivity index (χ2n) is 4.08. The Kier molecular flexibility index (Phi) is 6.67. The summed E-state index contributed by atoms with van der Waals surface area (Å²) in [4.78, 5) is 15.2. The van der Waals surface area contributed by atoms with Gasteiger partial charge in [0.1, 0.15) is 18.1 Å². The Hall–Kier alpha value is -1.94. The molecule has 0 spiro atoms. The molecule has 0 amide bonds. The van der Waals surface area contributed by atoms with Crippen molar-refractivity contribution in [3.05, 3.63) is 41.8 Å². The Bertz CT molecular complexity index is 532. The van der Waals surface area contributed by atoms with Crippen molar-refractivity contribution in [2.75, 3.05) is 6.61 Å². The molecule has 0 aliphatic rings. The van der Waals surface area contributed by atoms with Crippen molar-refractivity contribution in [2.45, 2.75) is 34.3 Å². The lowest BCUT2D eigenvalue weighted by Crippen LogP contribution is -2.04. The number of benzene rings is 1. The van der Waals surface area contributed by atoms with E-state index < -0.39 is 0 Å². The van der Waals surface area contributed by atoms with Crippen LogP contribution in [0.1, 0.15) is 32.2 Å². The van der Waals surface area contributed by atoms with Gasteiger partial charge in [-0.05, 0) is 26.0 Å². The molecule has 4 heteroatoms. The third-order valence-electron chi connectivity index (χ3n) is 2.46. The number of aromatic nitrogens is 1. The molecule has 0 aliphatic heterocycles. The van der Waals surface area contributed by atoms with Crippen molar-refractivity contribution in [1.29, 1.82) is 0 Å². The third kappa shape index (κ3) is 4.63. The number of Topliss-reactive ketones (excluding diaryl/α,β-unsaturated/α-hetero) is 1. The van der Waals surface area contributed by atoms with Crippen LogP contribution in [0.4, 0.5) is 0 Å². The van der Waals surface area contributed by atoms with Crippen molar-refractivity contribution in [1.82, 2.24) is 4.98 Å². The number of rotatable bonds is 5. The van der Waals surface area contributed by atoms with Crippen LogP contribution in [0.15, 0.2) is 34.7 Å². The van der Waals surface area contributed by atoms with E-state index in [0.717, 1.165) is 17.0 Å². The predicted molar refractivity (Wildman–Crippen MR) is 78.4 cm³/mol. The van der Waals surface area contributed by atoms with Crippen molar-refractivity contribution >= 4 is 5.78 Å². The predicted octanol–water partition coefficient (Wildman–Crippen LogP) is 3.78. The highest BCUT2D eigenvalue weighted by atomic mass is 16.5. The smallest absolute Gasteiger partial charge is 0.226 e. The molecule has 4 nitrogen and oxygen atoms in total. The number of ketones is 1. The van der Waals surface area contributed by atoms with Gasteiger partial charge in [0.05, 0.1) is 6.61 Å². The summed E-state index contributed by atoms with van der Waals surface area (Å²) in [6, 6.07) is 9.68. The molecular weight excluding hydrogens is 254 g/mol. The van der Waals surface area contributed by atoms with E-state index in [2.05, 4.69) is 4.98 Å². The summed E-state index contributed by atoms with van der Waals surface area (Å²) in [6.07, 6.45) is 0. The largest absolute Gasteiger partial charge is 0.441 e. The van der Waals surface area contributed by atoms with Crippen LogP contribution in [-0.4, -0.2) is 17.4 Å². The van der Waals surface area contributed by atoms with E-state index in [1.54, 1.807) is 0 Å². The quantitative estimate of drug-likeness (QED) is 0.833. The molecule has 0 bridgehead atoms. The number of hydrogen-bond donors (Lipinski definition) is 0. The van der Waals surface area contributed by atoms with Gasteiger partial charge in [0, 0.05) is 5.56 Å². The van der Waals surface area contributed by atoms with Crippen LogP contribution in [0.3, 0.4) is 0 Å². The first-order valence-electron chi connectivity index (χ1n) is 6.75. The Morgan fingerprint density at radius 1 is 1.25 bits per heavy atom. The van der Waals surface area contributed by atoms with Gasteiger partial charge in [0.25, 0.3) is 0 Å². The van der Waals surface area contributed by atoms with Gasteiger partial charge in [-0.1, -0.05) is 32.0 Å². The third-order valence-corrected chi connectivity index (χ3v) is 2.46. The van der Waals surface area contributed by atoms with Crippen molar-refractivity contribution < 1.29 is 13.9 Å². The SMILES string of the molecule is CC.CC(=O)COCc1nc(-c2ccccc2)oc1C. The van der Waals surface area contributed by atoms with Gasteiger partial charge in [0.15, 0.2) is 5.78 Å². The summed E-state index contributed by atoms with van der Waals surface area (Å²) in [5.74, 6) is 1.30. The summed E-state index contributed by atoms with van der Waals surface area (Å²) in [5.41, 5.74) is 1.66. The number of ether oxygens (including phenoxy) is 1. The molecule has 0 unspecified atom stereocenters. The van der Waals surface area contributed by atoms with E-state index in [4.69, 9.17) is 9.15 Å². The average Bonchev–Trinajstić information content (AvgIpc) is 2.83. The van der Waals surface area contributed by atoms with Crippen LogP contribution < -0.4 is 0 Å². The monoisotopic (exact) mass is 275 g/mol. The minimum absolute atomic E-state index is 0.000527. The fourth-order valence-corrected chi connectivity index (χ4v) is 1.56. The molecular formula is C16H21NO3. The maximum atomic E-state index is 10.8. The lowest BCUT2D eigenvalue weighted by atomic mass is 10.2. The van der Waals surface area contributed by atoms with Gasteiger partial charge < -0.3 is 9.15 Å². The molecule has 2 aromatic rings. The van der Waals surface area contributed by atoms with Crippen LogP contribution in [0.5, 0.6) is 0 Å². The van der Waals surface area contributed by atoms with E-state index in [9.17, 15) is 4.79 Å². The van der Waals surface area contributed by atoms with E-state index in [-0.39, 0.29) is 12.4 Å². The van der Waals surface area contributed by atoms with Crippen LogP contribution in [-0.2, 0) is 16.1 Å². The van der Waals surface area contributed by atoms with Crippen LogP contribution in [0, 0.1) is 6.92 Å². The van der Waals surface area contributed by atoms with Gasteiger partial charge in [-0.15, -0.1) is 0 Å². The number of carbonyl (C=O) groups is 1. The molecule has 20 heavy (non-hydrogen) atoms. The Balaban J connectivity index is 0.000000956. The van der Waals surface area contributed by atoms with Crippen LogP contribution in [0.2, 0.25) is 0 Å². The number of oxazole rings is 1. The van der Waals surface area contributed by atoms with Crippen LogP contribution >= 0.6 is 0 Å². The average molecular weight is 275 g/mol. The Morgan fingerprint density at radius 3 is 2.50 bits per heavy atom. The molecule has 2 rings (SSSR count). The normalized spacial score (nSPS) is 9.80. The number of nitrogens with zero attached hydrogens (tertiary/aromatic N) is 1. The van der Waals surface area contributed by atoms with Gasteiger partial charge in [-0.2, -0.15) is 0 Å². The highest BCUT2D eigenvalue weighted by Gasteiger charge is 2.11. The van der Waals surface area contributed by atoms with Crippen LogP contribution in [0.25, 0.3) is 11.5 Å². The number of hydrogen-bond acceptors (Lipinski definition) is 4.